The van der Waals surface area contributed by atoms with Crippen LogP contribution in [0, 0.1) is 6.92 Å². The summed E-state index contributed by atoms with van der Waals surface area (Å²) in [5.41, 5.74) is 7.46. The van der Waals surface area contributed by atoms with Gasteiger partial charge in [-0.15, -0.1) is 0 Å². The Morgan fingerprint density at radius 2 is 1.62 bits per heavy atom. The molecule has 2 rings (SSSR count). The summed E-state index contributed by atoms with van der Waals surface area (Å²) in [5.74, 6) is 2.21. The molecule has 0 saturated carbocycles. The maximum absolute atomic E-state index is 5.98. The molecule has 0 radical (unpaired) electrons. The molecule has 0 fully saturated rings. The average molecular weight is 303 g/mol. The van der Waals surface area contributed by atoms with Crippen LogP contribution in [0.1, 0.15) is 11.1 Å². The van der Waals surface area contributed by atoms with Crippen molar-refractivity contribution >= 4 is 17.2 Å². The van der Waals surface area contributed by atoms with Crippen molar-refractivity contribution in [2.45, 2.75) is 6.92 Å². The van der Waals surface area contributed by atoms with Gasteiger partial charge < -0.3 is 19.9 Å². The first-order chi connectivity index (χ1) is 10.1. The van der Waals surface area contributed by atoms with Gasteiger partial charge >= 0.3 is 0 Å². The van der Waals surface area contributed by atoms with E-state index in [1.807, 2.05) is 31.2 Å². The molecular weight excluding hydrogens is 286 g/mol. The van der Waals surface area contributed by atoms with Crippen molar-refractivity contribution in [2.24, 2.45) is 5.73 Å². The van der Waals surface area contributed by atoms with Gasteiger partial charge in [-0.05, 0) is 36.8 Å². The van der Waals surface area contributed by atoms with Gasteiger partial charge in [0.05, 0.1) is 19.8 Å². The molecule has 110 valence electrons. The lowest BCUT2D eigenvalue weighted by Crippen LogP contribution is -2.11. The first-order valence-corrected chi connectivity index (χ1v) is 6.77. The minimum atomic E-state index is 0.277. The highest BCUT2D eigenvalue weighted by Gasteiger charge is 2.15. The Hall–Kier alpha value is -2.27. The molecule has 0 aromatic heterocycles. The van der Waals surface area contributed by atoms with Crippen molar-refractivity contribution < 1.29 is 14.2 Å². The molecule has 4 nitrogen and oxygen atoms in total. The Kier molecular flexibility index (Phi) is 4.65. The normalized spacial score (nSPS) is 10.0. The van der Waals surface area contributed by atoms with Crippen molar-refractivity contribution in [1.82, 2.24) is 0 Å². The molecular formula is C16H17NO3S. The molecule has 0 saturated heterocycles. The molecule has 0 heterocycles. The van der Waals surface area contributed by atoms with Crippen molar-refractivity contribution in [3.05, 3.63) is 47.5 Å². The van der Waals surface area contributed by atoms with E-state index in [2.05, 4.69) is 0 Å². The number of hydrogen-bond acceptors (Lipinski definition) is 4. The van der Waals surface area contributed by atoms with Crippen molar-refractivity contribution in [3.63, 3.8) is 0 Å². The van der Waals surface area contributed by atoms with Gasteiger partial charge in [-0.2, -0.15) is 0 Å². The van der Waals surface area contributed by atoms with E-state index in [0.29, 0.717) is 28.6 Å². The zero-order valence-electron chi connectivity index (χ0n) is 12.2. The quantitative estimate of drug-likeness (QED) is 0.858. The van der Waals surface area contributed by atoms with Gasteiger partial charge in [0.1, 0.15) is 10.7 Å². The number of rotatable bonds is 5. The fourth-order valence-electron chi connectivity index (χ4n) is 1.95. The van der Waals surface area contributed by atoms with Gasteiger partial charge in [0, 0.05) is 0 Å². The minimum absolute atomic E-state index is 0.277. The first-order valence-electron chi connectivity index (χ1n) is 6.36. The number of ether oxygens (including phenoxy) is 3. The summed E-state index contributed by atoms with van der Waals surface area (Å²) >= 11 is 5.07. The summed E-state index contributed by atoms with van der Waals surface area (Å²) in [6.45, 7) is 1.97. The highest BCUT2D eigenvalue weighted by atomic mass is 32.1. The molecule has 21 heavy (non-hydrogen) atoms. The molecule has 0 aliphatic heterocycles. The number of thiocarbonyl (C=S) groups is 1. The van der Waals surface area contributed by atoms with Gasteiger partial charge in [0.15, 0.2) is 11.5 Å². The smallest absolute Gasteiger partial charge is 0.211 e. The molecule has 0 spiro atoms. The van der Waals surface area contributed by atoms with E-state index in [4.69, 9.17) is 32.2 Å². The second-order valence-corrected chi connectivity index (χ2v) is 4.90. The predicted octanol–water partition coefficient (Wildman–Crippen LogP) is 3.44. The van der Waals surface area contributed by atoms with Gasteiger partial charge in [-0.1, -0.05) is 24.4 Å². The third-order valence-electron chi connectivity index (χ3n) is 3.00. The monoisotopic (exact) mass is 303 g/mol. The van der Waals surface area contributed by atoms with Crippen LogP contribution in [-0.2, 0) is 0 Å². The lowest BCUT2D eigenvalue weighted by molar-refractivity contribution is 0.346. The second-order valence-electron chi connectivity index (χ2n) is 4.46. The molecule has 2 aromatic rings. The van der Waals surface area contributed by atoms with Gasteiger partial charge in [-0.25, -0.2) is 0 Å². The Balaban J connectivity index is 2.52. The molecule has 0 amide bonds. The fraction of sp³-hybridized carbons (Fsp3) is 0.188. The molecule has 2 N–H and O–H groups in total. The summed E-state index contributed by atoms with van der Waals surface area (Å²) < 4.78 is 16.6. The average Bonchev–Trinajstić information content (AvgIpc) is 2.47. The van der Waals surface area contributed by atoms with Crippen molar-refractivity contribution in [3.8, 4) is 23.0 Å². The number of aryl methyl sites for hydroxylation is 1. The fourth-order valence-corrected chi connectivity index (χ4v) is 2.11. The van der Waals surface area contributed by atoms with E-state index in [0.717, 1.165) is 5.56 Å². The van der Waals surface area contributed by atoms with Crippen LogP contribution in [0.25, 0.3) is 0 Å². The molecule has 2 aromatic carbocycles. The number of nitrogens with two attached hydrogens (primary N) is 1. The van der Waals surface area contributed by atoms with Gasteiger partial charge in [-0.3, -0.25) is 0 Å². The van der Waals surface area contributed by atoms with E-state index < -0.39 is 0 Å². The zero-order valence-corrected chi connectivity index (χ0v) is 13.0. The molecule has 0 aliphatic rings. The van der Waals surface area contributed by atoms with Crippen LogP contribution in [0.2, 0.25) is 0 Å². The van der Waals surface area contributed by atoms with Crippen LogP contribution in [0.5, 0.6) is 23.0 Å². The third-order valence-corrected chi connectivity index (χ3v) is 3.22. The number of methoxy groups -OCH3 is 2. The SMILES string of the molecule is COc1cccc(OC)c1Oc1cc(C)ccc1C(N)=S. The van der Waals surface area contributed by atoms with E-state index in [9.17, 15) is 0 Å². The number of para-hydroxylation sites is 1. The number of benzene rings is 2. The predicted molar refractivity (Wildman–Crippen MR) is 86.7 cm³/mol. The van der Waals surface area contributed by atoms with Crippen LogP contribution < -0.4 is 19.9 Å². The summed E-state index contributed by atoms with van der Waals surface area (Å²) in [6.07, 6.45) is 0. The number of hydrogen-bond donors (Lipinski definition) is 1. The highest BCUT2D eigenvalue weighted by molar-refractivity contribution is 7.80. The van der Waals surface area contributed by atoms with Gasteiger partial charge in [0.2, 0.25) is 5.75 Å². The highest BCUT2D eigenvalue weighted by Crippen LogP contribution is 2.40. The Morgan fingerprint density at radius 3 is 2.14 bits per heavy atom. The van der Waals surface area contributed by atoms with Crippen molar-refractivity contribution in [1.29, 1.82) is 0 Å². The Morgan fingerprint density at radius 1 is 1.00 bits per heavy atom. The van der Waals surface area contributed by atoms with E-state index in [-0.39, 0.29) is 4.99 Å². The van der Waals surface area contributed by atoms with Crippen LogP contribution >= 0.6 is 12.2 Å². The summed E-state index contributed by atoms with van der Waals surface area (Å²) in [7, 11) is 3.15. The maximum Gasteiger partial charge on any atom is 0.211 e. The lowest BCUT2D eigenvalue weighted by atomic mass is 10.1. The molecule has 5 heteroatoms. The zero-order chi connectivity index (χ0) is 15.4. The van der Waals surface area contributed by atoms with E-state index >= 15 is 0 Å². The van der Waals surface area contributed by atoms with Crippen LogP contribution in [0.3, 0.4) is 0 Å². The molecule has 0 atom stereocenters. The minimum Gasteiger partial charge on any atom is -0.493 e. The second kappa shape index (κ2) is 6.45. The molecule has 0 bridgehead atoms. The largest absolute Gasteiger partial charge is 0.493 e. The van der Waals surface area contributed by atoms with Crippen LogP contribution in [0.15, 0.2) is 36.4 Å². The molecule has 0 unspecified atom stereocenters. The van der Waals surface area contributed by atoms with E-state index in [1.165, 1.54) is 0 Å². The lowest BCUT2D eigenvalue weighted by Gasteiger charge is -2.16. The summed E-state index contributed by atoms with van der Waals surface area (Å²) in [6, 6.07) is 11.1. The van der Waals surface area contributed by atoms with Gasteiger partial charge in [0.25, 0.3) is 0 Å². The Labute approximate surface area is 129 Å². The first kappa shape index (κ1) is 15.1. The van der Waals surface area contributed by atoms with E-state index in [1.54, 1.807) is 26.4 Å². The topological polar surface area (TPSA) is 53.7 Å². The van der Waals surface area contributed by atoms with Crippen LogP contribution in [0.4, 0.5) is 0 Å². The summed E-state index contributed by atoms with van der Waals surface area (Å²) in [5, 5.41) is 0. The summed E-state index contributed by atoms with van der Waals surface area (Å²) in [4.78, 5) is 0.277. The molecule has 0 aliphatic carbocycles. The van der Waals surface area contributed by atoms with Crippen molar-refractivity contribution in [2.75, 3.05) is 14.2 Å². The van der Waals surface area contributed by atoms with Crippen LogP contribution in [-0.4, -0.2) is 19.2 Å². The standard InChI is InChI=1S/C16H17NO3S/c1-10-7-8-11(16(17)21)14(9-10)20-15-12(18-2)5-4-6-13(15)19-3/h4-9H,1-3H3,(H2,17,21). The Bertz CT molecular complexity index is 648. The third kappa shape index (κ3) is 3.25. The maximum atomic E-state index is 5.98.